The van der Waals surface area contributed by atoms with Crippen LogP contribution in [0, 0.1) is 0 Å². The molecule has 1 aliphatic rings. The van der Waals surface area contributed by atoms with Gasteiger partial charge in [-0.1, -0.05) is 0 Å². The minimum Gasteiger partial charge on any atom is -0.466 e. The van der Waals surface area contributed by atoms with Crippen LogP contribution in [-0.2, 0) is 19.1 Å². The average Bonchev–Trinajstić information content (AvgIpc) is 2.45. The second-order valence-electron chi connectivity index (χ2n) is 3.12. The number of hydrogen-bond acceptors (Lipinski definition) is 5. The fourth-order valence-corrected chi connectivity index (χ4v) is 1.25. The van der Waals surface area contributed by atoms with Gasteiger partial charge in [0.1, 0.15) is 0 Å². The van der Waals surface area contributed by atoms with Crippen molar-refractivity contribution in [3.05, 3.63) is 0 Å². The maximum Gasteiger partial charge on any atom is 0.331 e. The van der Waals surface area contributed by atoms with Gasteiger partial charge in [-0.3, -0.25) is 24.6 Å². The molecule has 0 radical (unpaired) electrons. The average molecular weight is 228 g/mol. The molecule has 0 saturated carbocycles. The number of imide groups is 2. The van der Waals surface area contributed by atoms with Gasteiger partial charge in [-0.05, 0) is 13.3 Å². The fraction of sp³-hybridized carbons (Fsp3) is 0.556. The molecule has 0 atom stereocenters. The first kappa shape index (κ1) is 12.2. The van der Waals surface area contributed by atoms with Gasteiger partial charge in [0.25, 0.3) is 0 Å². The summed E-state index contributed by atoms with van der Waals surface area (Å²) in [5.41, 5.74) is 0. The number of urea groups is 1. The Labute approximate surface area is 91.7 Å². The lowest BCUT2D eigenvalue weighted by molar-refractivity contribution is -0.143. The molecule has 7 heteroatoms. The van der Waals surface area contributed by atoms with Crippen LogP contribution in [0.15, 0.2) is 0 Å². The van der Waals surface area contributed by atoms with Crippen LogP contribution >= 0.6 is 0 Å². The minimum absolute atomic E-state index is 0.0369. The first-order chi connectivity index (χ1) is 7.56. The standard InChI is InChI=1S/C9H12N2O5/c1-2-16-6(12)4-3-5-11-8(14)7(13)10-9(11)15/h2-5H2,1H3,(H,10,13,15). The minimum atomic E-state index is -0.930. The number of amides is 4. The van der Waals surface area contributed by atoms with E-state index in [0.717, 1.165) is 4.90 Å². The molecule has 0 bridgehead atoms. The Bertz CT molecular complexity index is 339. The second kappa shape index (κ2) is 5.24. The molecule has 0 unspecified atom stereocenters. The molecule has 16 heavy (non-hydrogen) atoms. The molecule has 0 aromatic heterocycles. The van der Waals surface area contributed by atoms with Gasteiger partial charge in [0.05, 0.1) is 6.61 Å². The van der Waals surface area contributed by atoms with E-state index in [-0.39, 0.29) is 25.4 Å². The normalized spacial score (nSPS) is 15.3. The smallest absolute Gasteiger partial charge is 0.331 e. The summed E-state index contributed by atoms with van der Waals surface area (Å²) in [6.07, 6.45) is 0.393. The molecule has 0 spiro atoms. The van der Waals surface area contributed by atoms with Gasteiger partial charge in [-0.15, -0.1) is 0 Å². The van der Waals surface area contributed by atoms with Crippen LogP contribution in [-0.4, -0.2) is 41.9 Å². The highest BCUT2D eigenvalue weighted by molar-refractivity contribution is 6.44. The van der Waals surface area contributed by atoms with Crippen LogP contribution in [0.25, 0.3) is 0 Å². The predicted molar refractivity (Wildman–Crippen MR) is 51.1 cm³/mol. The number of rotatable bonds is 5. The Hall–Kier alpha value is -1.92. The van der Waals surface area contributed by atoms with Crippen molar-refractivity contribution in [2.45, 2.75) is 19.8 Å². The molecule has 1 aliphatic heterocycles. The Morgan fingerprint density at radius 2 is 2.06 bits per heavy atom. The highest BCUT2D eigenvalue weighted by Gasteiger charge is 2.36. The zero-order chi connectivity index (χ0) is 12.1. The summed E-state index contributed by atoms with van der Waals surface area (Å²) in [6.45, 7) is 2.02. The van der Waals surface area contributed by atoms with Crippen molar-refractivity contribution in [2.75, 3.05) is 13.2 Å². The van der Waals surface area contributed by atoms with Crippen LogP contribution in [0.2, 0.25) is 0 Å². The SMILES string of the molecule is CCOC(=O)CCCN1C(=O)NC(=O)C1=O. The van der Waals surface area contributed by atoms with E-state index in [1.54, 1.807) is 6.92 Å². The topological polar surface area (TPSA) is 92.8 Å². The maximum atomic E-state index is 11.1. The fourth-order valence-electron chi connectivity index (χ4n) is 1.25. The summed E-state index contributed by atoms with van der Waals surface area (Å²) in [5.74, 6) is -2.20. The van der Waals surface area contributed by atoms with Gasteiger partial charge in [-0.2, -0.15) is 0 Å². The lowest BCUT2D eigenvalue weighted by atomic mass is 10.3. The predicted octanol–water partition coefficient (Wildman–Crippen LogP) is -0.592. The quantitative estimate of drug-likeness (QED) is 0.385. The van der Waals surface area contributed by atoms with E-state index < -0.39 is 17.8 Å². The first-order valence-corrected chi connectivity index (χ1v) is 4.88. The van der Waals surface area contributed by atoms with Crippen molar-refractivity contribution in [3.8, 4) is 0 Å². The molecule has 1 rings (SSSR count). The van der Waals surface area contributed by atoms with Gasteiger partial charge < -0.3 is 4.74 Å². The van der Waals surface area contributed by atoms with Crippen LogP contribution in [0.5, 0.6) is 0 Å². The van der Waals surface area contributed by atoms with Crippen molar-refractivity contribution in [3.63, 3.8) is 0 Å². The lowest BCUT2D eigenvalue weighted by Gasteiger charge is -2.10. The highest BCUT2D eigenvalue weighted by atomic mass is 16.5. The number of esters is 1. The van der Waals surface area contributed by atoms with Crippen molar-refractivity contribution in [1.29, 1.82) is 0 Å². The molecule has 1 saturated heterocycles. The summed E-state index contributed by atoms with van der Waals surface area (Å²) >= 11 is 0. The summed E-state index contributed by atoms with van der Waals surface area (Å²) in [6, 6.07) is -0.737. The molecule has 1 fully saturated rings. The third-order valence-electron chi connectivity index (χ3n) is 1.97. The largest absolute Gasteiger partial charge is 0.466 e. The number of carbonyl (C=O) groups excluding carboxylic acids is 4. The highest BCUT2D eigenvalue weighted by Crippen LogP contribution is 2.03. The first-order valence-electron chi connectivity index (χ1n) is 4.88. The van der Waals surface area contributed by atoms with E-state index in [4.69, 9.17) is 0 Å². The molecule has 0 aromatic carbocycles. The molecular formula is C9H12N2O5. The van der Waals surface area contributed by atoms with E-state index in [9.17, 15) is 19.2 Å². The van der Waals surface area contributed by atoms with Crippen molar-refractivity contribution in [2.24, 2.45) is 0 Å². The van der Waals surface area contributed by atoms with Crippen LogP contribution in [0.1, 0.15) is 19.8 Å². The third kappa shape index (κ3) is 2.78. The summed E-state index contributed by atoms with van der Waals surface area (Å²) in [4.78, 5) is 44.7. The summed E-state index contributed by atoms with van der Waals surface area (Å²) < 4.78 is 4.67. The lowest BCUT2D eigenvalue weighted by Crippen LogP contribution is -2.32. The number of nitrogens with one attached hydrogen (secondary N) is 1. The third-order valence-corrected chi connectivity index (χ3v) is 1.97. The van der Waals surface area contributed by atoms with Crippen LogP contribution in [0.3, 0.4) is 0 Å². The van der Waals surface area contributed by atoms with Gasteiger partial charge in [0.2, 0.25) is 0 Å². The Morgan fingerprint density at radius 1 is 1.38 bits per heavy atom. The maximum absolute atomic E-state index is 11.1. The molecule has 0 aliphatic carbocycles. The number of carbonyl (C=O) groups is 4. The number of nitrogens with zero attached hydrogens (tertiary/aromatic N) is 1. The van der Waals surface area contributed by atoms with Gasteiger partial charge in [0, 0.05) is 13.0 Å². The van der Waals surface area contributed by atoms with Crippen molar-refractivity contribution >= 4 is 23.8 Å². The van der Waals surface area contributed by atoms with E-state index in [2.05, 4.69) is 4.74 Å². The molecule has 4 amide bonds. The molecule has 1 heterocycles. The van der Waals surface area contributed by atoms with Crippen LogP contribution in [0.4, 0.5) is 4.79 Å². The Morgan fingerprint density at radius 3 is 2.56 bits per heavy atom. The molecule has 88 valence electrons. The molecular weight excluding hydrogens is 216 g/mol. The van der Waals surface area contributed by atoms with E-state index >= 15 is 0 Å². The van der Waals surface area contributed by atoms with E-state index in [0.29, 0.717) is 6.61 Å². The monoisotopic (exact) mass is 228 g/mol. The summed E-state index contributed by atoms with van der Waals surface area (Å²) in [5, 5.41) is 1.86. The van der Waals surface area contributed by atoms with Gasteiger partial charge in [-0.25, -0.2) is 4.79 Å². The van der Waals surface area contributed by atoms with Crippen molar-refractivity contribution < 1.29 is 23.9 Å². The van der Waals surface area contributed by atoms with Crippen LogP contribution < -0.4 is 5.32 Å². The number of hydrogen-bond donors (Lipinski definition) is 1. The summed E-state index contributed by atoms with van der Waals surface area (Å²) in [7, 11) is 0. The second-order valence-corrected chi connectivity index (χ2v) is 3.12. The van der Waals surface area contributed by atoms with Gasteiger partial charge >= 0.3 is 23.8 Å². The van der Waals surface area contributed by atoms with E-state index in [1.165, 1.54) is 0 Å². The Kier molecular flexibility index (Phi) is 3.98. The van der Waals surface area contributed by atoms with Crippen molar-refractivity contribution in [1.82, 2.24) is 10.2 Å². The van der Waals surface area contributed by atoms with E-state index in [1.807, 2.05) is 5.32 Å². The Balaban J connectivity index is 2.33. The van der Waals surface area contributed by atoms with Gasteiger partial charge in [0.15, 0.2) is 0 Å². The molecule has 1 N–H and O–H groups in total. The zero-order valence-electron chi connectivity index (χ0n) is 8.82. The molecule has 7 nitrogen and oxygen atoms in total. The molecule has 0 aromatic rings. The number of ether oxygens (including phenoxy) is 1. The zero-order valence-corrected chi connectivity index (χ0v) is 8.82.